The first-order valence-corrected chi connectivity index (χ1v) is 9.96. The van der Waals surface area contributed by atoms with Crippen LogP contribution in [0.3, 0.4) is 0 Å². The van der Waals surface area contributed by atoms with E-state index in [-0.39, 0.29) is 17.7 Å². The molecule has 6 heteroatoms. The van der Waals surface area contributed by atoms with Gasteiger partial charge in [-0.05, 0) is 36.4 Å². The normalized spacial score (nSPS) is 15.9. The number of carbonyl (C=O) groups excluding carboxylic acids is 2. The Morgan fingerprint density at radius 3 is 2.61 bits per heavy atom. The zero-order valence-corrected chi connectivity index (χ0v) is 16.2. The lowest BCUT2D eigenvalue weighted by Crippen LogP contribution is -2.27. The van der Waals surface area contributed by atoms with Gasteiger partial charge in [-0.1, -0.05) is 43.3 Å². The third-order valence-corrected chi connectivity index (χ3v) is 5.64. The van der Waals surface area contributed by atoms with Crippen molar-refractivity contribution in [3.63, 3.8) is 0 Å². The molecule has 1 saturated heterocycles. The average Bonchev–Trinajstić information content (AvgIpc) is 3.16. The number of amides is 2. The molecule has 3 aromatic rings. The molecule has 2 aromatic carbocycles. The largest absolute Gasteiger partial charge is 0.347 e. The van der Waals surface area contributed by atoms with Crippen molar-refractivity contribution in [2.75, 3.05) is 0 Å². The molecule has 1 fully saturated rings. The predicted molar refractivity (Wildman–Crippen MR) is 110 cm³/mol. The van der Waals surface area contributed by atoms with E-state index in [1.165, 1.54) is 6.07 Å². The van der Waals surface area contributed by atoms with Crippen LogP contribution in [0.15, 0.2) is 59.6 Å². The number of carbonyl (C=O) groups is 2. The Hall–Kier alpha value is -2.86. The lowest BCUT2D eigenvalue weighted by Gasteiger charge is -2.12. The van der Waals surface area contributed by atoms with E-state index in [1.54, 1.807) is 24.3 Å². The van der Waals surface area contributed by atoms with Gasteiger partial charge in [-0.3, -0.25) is 14.5 Å². The summed E-state index contributed by atoms with van der Waals surface area (Å²) in [5, 5.41) is 0.661. The van der Waals surface area contributed by atoms with E-state index in [9.17, 15) is 14.0 Å². The smallest absolute Gasteiger partial charge is 0.293 e. The Bertz CT molecular complexity index is 1100. The van der Waals surface area contributed by atoms with Crippen LogP contribution in [0.25, 0.3) is 17.0 Å². The molecule has 0 atom stereocenters. The van der Waals surface area contributed by atoms with E-state index >= 15 is 0 Å². The van der Waals surface area contributed by atoms with Crippen LogP contribution < -0.4 is 0 Å². The Morgan fingerprint density at radius 1 is 1.07 bits per heavy atom. The molecule has 1 aromatic heterocycles. The summed E-state index contributed by atoms with van der Waals surface area (Å²) >= 11 is 0.900. The SMILES string of the molecule is CCCn1cc(C=C2SC(=O)N(Cc3ccccc3F)C2=O)c2ccccc21. The first kappa shape index (κ1) is 18.5. The van der Waals surface area contributed by atoms with Crippen molar-refractivity contribution in [3.05, 3.63) is 76.6 Å². The predicted octanol–water partition coefficient (Wildman–Crippen LogP) is 5.43. The summed E-state index contributed by atoms with van der Waals surface area (Å²) < 4.78 is 16.1. The highest BCUT2D eigenvalue weighted by molar-refractivity contribution is 8.18. The van der Waals surface area contributed by atoms with E-state index in [2.05, 4.69) is 11.5 Å². The molecular weight excluding hydrogens is 375 g/mol. The van der Waals surface area contributed by atoms with Crippen LogP contribution in [0.2, 0.25) is 0 Å². The summed E-state index contributed by atoms with van der Waals surface area (Å²) in [6.45, 7) is 2.93. The number of rotatable bonds is 5. The standard InChI is InChI=1S/C22H19FN2O2S/c1-2-11-24-13-16(17-8-4-6-10-19(17)24)12-20-21(26)25(22(27)28-20)14-15-7-3-5-9-18(15)23/h3-10,12-13H,2,11,14H2,1H3. The molecule has 0 aliphatic carbocycles. The maximum atomic E-state index is 13.9. The molecule has 2 amide bonds. The minimum absolute atomic E-state index is 0.0632. The second kappa shape index (κ2) is 7.64. The zero-order valence-electron chi connectivity index (χ0n) is 15.4. The highest BCUT2D eigenvalue weighted by Crippen LogP contribution is 2.35. The molecule has 0 spiro atoms. The van der Waals surface area contributed by atoms with Crippen molar-refractivity contribution in [3.8, 4) is 0 Å². The van der Waals surface area contributed by atoms with Crippen LogP contribution in [0.5, 0.6) is 0 Å². The molecule has 4 rings (SSSR count). The second-order valence-corrected chi connectivity index (χ2v) is 7.65. The van der Waals surface area contributed by atoms with Gasteiger partial charge in [-0.15, -0.1) is 0 Å². The van der Waals surface area contributed by atoms with Gasteiger partial charge >= 0.3 is 0 Å². The number of imide groups is 1. The Labute approximate surface area is 166 Å². The molecule has 4 nitrogen and oxygen atoms in total. The molecule has 0 N–H and O–H groups in total. The monoisotopic (exact) mass is 394 g/mol. The molecule has 0 unspecified atom stereocenters. The number of halogens is 1. The van der Waals surface area contributed by atoms with E-state index in [4.69, 9.17) is 0 Å². The van der Waals surface area contributed by atoms with Crippen LogP contribution in [0.1, 0.15) is 24.5 Å². The van der Waals surface area contributed by atoms with Crippen molar-refractivity contribution >= 4 is 39.9 Å². The van der Waals surface area contributed by atoms with Crippen molar-refractivity contribution in [1.29, 1.82) is 0 Å². The number of para-hydroxylation sites is 1. The Morgan fingerprint density at radius 2 is 1.82 bits per heavy atom. The number of hydrogen-bond acceptors (Lipinski definition) is 3. The van der Waals surface area contributed by atoms with Crippen LogP contribution >= 0.6 is 11.8 Å². The van der Waals surface area contributed by atoms with Crippen LogP contribution in [-0.4, -0.2) is 20.6 Å². The van der Waals surface area contributed by atoms with Gasteiger partial charge in [-0.25, -0.2) is 4.39 Å². The first-order valence-electron chi connectivity index (χ1n) is 9.15. The number of hydrogen-bond donors (Lipinski definition) is 0. The van der Waals surface area contributed by atoms with Gasteiger partial charge in [0.15, 0.2) is 0 Å². The maximum absolute atomic E-state index is 13.9. The van der Waals surface area contributed by atoms with Crippen LogP contribution in [0.4, 0.5) is 9.18 Å². The van der Waals surface area contributed by atoms with E-state index in [0.29, 0.717) is 10.5 Å². The fourth-order valence-electron chi connectivity index (χ4n) is 3.39. The summed E-state index contributed by atoms with van der Waals surface area (Å²) in [7, 11) is 0. The molecule has 142 valence electrons. The third kappa shape index (κ3) is 3.36. The van der Waals surface area contributed by atoms with Crippen molar-refractivity contribution in [1.82, 2.24) is 9.47 Å². The van der Waals surface area contributed by atoms with Gasteiger partial charge in [-0.2, -0.15) is 0 Å². The highest BCUT2D eigenvalue weighted by atomic mass is 32.2. The minimum Gasteiger partial charge on any atom is -0.347 e. The molecule has 0 saturated carbocycles. The van der Waals surface area contributed by atoms with Gasteiger partial charge in [0.05, 0.1) is 11.4 Å². The lowest BCUT2D eigenvalue weighted by molar-refractivity contribution is -0.123. The Balaban J connectivity index is 1.66. The maximum Gasteiger partial charge on any atom is 0.293 e. The quantitative estimate of drug-likeness (QED) is 0.542. The fraction of sp³-hybridized carbons (Fsp3) is 0.182. The zero-order chi connectivity index (χ0) is 19.7. The summed E-state index contributed by atoms with van der Waals surface area (Å²) in [6, 6.07) is 14.2. The summed E-state index contributed by atoms with van der Waals surface area (Å²) in [4.78, 5) is 26.6. The number of fused-ring (bicyclic) bond motifs is 1. The van der Waals surface area contributed by atoms with Gasteiger partial charge in [0.1, 0.15) is 5.82 Å². The Kier molecular flexibility index (Phi) is 5.05. The van der Waals surface area contributed by atoms with Crippen molar-refractivity contribution in [2.45, 2.75) is 26.4 Å². The lowest BCUT2D eigenvalue weighted by atomic mass is 10.1. The molecule has 28 heavy (non-hydrogen) atoms. The molecular formula is C22H19FN2O2S. The second-order valence-electron chi connectivity index (χ2n) is 6.65. The summed E-state index contributed by atoms with van der Waals surface area (Å²) in [5.41, 5.74) is 2.33. The van der Waals surface area contributed by atoms with E-state index in [0.717, 1.165) is 46.1 Å². The average molecular weight is 394 g/mol. The highest BCUT2D eigenvalue weighted by Gasteiger charge is 2.35. The molecule has 1 aliphatic heterocycles. The van der Waals surface area contributed by atoms with Crippen LogP contribution in [-0.2, 0) is 17.9 Å². The topological polar surface area (TPSA) is 42.3 Å². The number of nitrogens with zero attached hydrogens (tertiary/aromatic N) is 2. The number of thioether (sulfide) groups is 1. The van der Waals surface area contributed by atoms with Crippen LogP contribution in [0, 0.1) is 5.82 Å². The number of aromatic nitrogens is 1. The first-order chi connectivity index (χ1) is 13.6. The van der Waals surface area contributed by atoms with E-state index < -0.39 is 5.82 Å². The minimum atomic E-state index is -0.423. The van der Waals surface area contributed by atoms with Gasteiger partial charge < -0.3 is 4.57 Å². The van der Waals surface area contributed by atoms with E-state index in [1.807, 2.05) is 30.5 Å². The van der Waals surface area contributed by atoms with Crippen molar-refractivity contribution < 1.29 is 14.0 Å². The van der Waals surface area contributed by atoms with Crippen molar-refractivity contribution in [2.24, 2.45) is 0 Å². The molecule has 0 radical (unpaired) electrons. The number of aryl methyl sites for hydroxylation is 1. The third-order valence-electron chi connectivity index (χ3n) is 4.73. The molecule has 2 heterocycles. The molecule has 0 bridgehead atoms. The van der Waals surface area contributed by atoms with Gasteiger partial charge in [0, 0.05) is 34.8 Å². The summed E-state index contributed by atoms with van der Waals surface area (Å²) in [5.74, 6) is -0.807. The summed E-state index contributed by atoms with van der Waals surface area (Å²) in [6.07, 6.45) is 4.77. The van der Waals surface area contributed by atoms with Gasteiger partial charge in [0.25, 0.3) is 11.1 Å². The number of benzene rings is 2. The fourth-order valence-corrected chi connectivity index (χ4v) is 4.22. The molecule has 1 aliphatic rings. The van der Waals surface area contributed by atoms with Gasteiger partial charge in [0.2, 0.25) is 0 Å².